The van der Waals surface area contributed by atoms with Crippen molar-refractivity contribution in [1.82, 2.24) is 4.57 Å². The van der Waals surface area contributed by atoms with Gasteiger partial charge in [0.15, 0.2) is 0 Å². The highest BCUT2D eigenvalue weighted by atomic mass is 15.1. The lowest BCUT2D eigenvalue weighted by Crippen LogP contribution is -2.23. The Morgan fingerprint density at radius 2 is 1.06 bits per heavy atom. The SMILES string of the molecule is Cc1ccc(-n2c3ccc(-c4ccc(C(CC(C)(C)C)C(C)(C)C)cc4)cc3c3cc(-c4ccc(N(c5ccc(-c6ccccc6)cc5)c5ccc6c(c5)C(C)(C)C5=C6CCC=C5)cc4)ccc32)cc1. The first-order valence-electron chi connectivity index (χ1n) is 25.5. The lowest BCUT2D eigenvalue weighted by molar-refractivity contribution is 0.229. The monoisotopic (exact) mass is 911 g/mol. The first-order valence-corrected chi connectivity index (χ1v) is 25.5. The molecule has 348 valence electrons. The Balaban J connectivity index is 0.987. The Labute approximate surface area is 416 Å². The first-order chi connectivity index (χ1) is 33.6. The molecule has 0 saturated heterocycles. The summed E-state index contributed by atoms with van der Waals surface area (Å²) >= 11 is 0. The van der Waals surface area contributed by atoms with Crippen molar-refractivity contribution in [3.05, 3.63) is 222 Å². The van der Waals surface area contributed by atoms with E-state index in [1.807, 2.05) is 0 Å². The molecule has 1 aromatic heterocycles. The molecule has 0 saturated carbocycles. The van der Waals surface area contributed by atoms with Crippen molar-refractivity contribution in [2.24, 2.45) is 10.8 Å². The number of nitrogens with zero attached hydrogens (tertiary/aromatic N) is 2. The molecule has 0 spiro atoms. The van der Waals surface area contributed by atoms with Crippen LogP contribution in [0, 0.1) is 17.8 Å². The predicted octanol–water partition coefficient (Wildman–Crippen LogP) is 19.5. The Kier molecular flexibility index (Phi) is 11.2. The summed E-state index contributed by atoms with van der Waals surface area (Å²) in [6, 6.07) is 68.6. The lowest BCUT2D eigenvalue weighted by Gasteiger charge is -2.36. The lowest BCUT2D eigenvalue weighted by atomic mass is 9.69. The van der Waals surface area contributed by atoms with Gasteiger partial charge in [-0.25, -0.2) is 0 Å². The second-order valence-corrected chi connectivity index (χ2v) is 22.9. The number of fused-ring (bicyclic) bond motifs is 5. The zero-order valence-corrected chi connectivity index (χ0v) is 42.6. The third kappa shape index (κ3) is 8.32. The molecule has 9 aromatic rings. The average molecular weight is 911 g/mol. The van der Waals surface area contributed by atoms with Gasteiger partial charge in [0.05, 0.1) is 11.0 Å². The number of hydrogen-bond donors (Lipinski definition) is 0. The van der Waals surface area contributed by atoms with E-state index in [1.165, 1.54) is 100.0 Å². The molecule has 0 amide bonds. The van der Waals surface area contributed by atoms with Gasteiger partial charge >= 0.3 is 0 Å². The van der Waals surface area contributed by atoms with E-state index in [0.29, 0.717) is 5.92 Å². The standard InChI is InChI=1S/C68H66N2/c1-45-19-31-55(32-20-45)70-64-39-29-51(48-21-23-50(24-22-48)63(67(5,6)7)44-66(2,3)4)41-59(64)60-42-52(30-40-65(60)70)49-27-35-54(36-28-49)69(53-33-25-47(26-34-53)46-15-11-10-12-16-46)56-37-38-58-57-17-13-14-18-61(57)68(8,9)62(58)43-56/h10-12,14-16,18-43,63H,13,17,44H2,1-9H3. The quantitative estimate of drug-likeness (QED) is 0.140. The highest BCUT2D eigenvalue weighted by Crippen LogP contribution is 2.52. The molecule has 2 aliphatic carbocycles. The van der Waals surface area contributed by atoms with Crippen LogP contribution in [0.1, 0.15) is 103 Å². The zero-order valence-electron chi connectivity index (χ0n) is 42.6. The molecule has 2 nitrogen and oxygen atoms in total. The fraction of sp³-hybridized carbons (Fsp3) is 0.235. The summed E-state index contributed by atoms with van der Waals surface area (Å²) in [5.74, 6) is 0.477. The molecule has 0 aliphatic heterocycles. The van der Waals surface area contributed by atoms with Gasteiger partial charge in [0.2, 0.25) is 0 Å². The smallest absolute Gasteiger partial charge is 0.0541 e. The Morgan fingerprint density at radius 3 is 1.61 bits per heavy atom. The Bertz CT molecular complexity index is 3450. The Morgan fingerprint density at radius 1 is 0.543 bits per heavy atom. The number of benzene rings is 8. The van der Waals surface area contributed by atoms with Gasteiger partial charge in [-0.1, -0.05) is 182 Å². The van der Waals surface area contributed by atoms with Crippen LogP contribution in [0.25, 0.3) is 66.4 Å². The molecule has 1 atom stereocenters. The van der Waals surface area contributed by atoms with Gasteiger partial charge in [0, 0.05) is 38.9 Å². The van der Waals surface area contributed by atoms with Crippen LogP contribution >= 0.6 is 0 Å². The number of allylic oxidation sites excluding steroid dienone is 4. The van der Waals surface area contributed by atoms with Crippen LogP contribution in [0.2, 0.25) is 0 Å². The van der Waals surface area contributed by atoms with Crippen LogP contribution in [-0.4, -0.2) is 4.57 Å². The van der Waals surface area contributed by atoms with E-state index in [4.69, 9.17) is 0 Å². The largest absolute Gasteiger partial charge is 0.310 e. The maximum atomic E-state index is 2.45. The molecule has 70 heavy (non-hydrogen) atoms. The maximum Gasteiger partial charge on any atom is 0.0541 e. The van der Waals surface area contributed by atoms with Gasteiger partial charge in [0.1, 0.15) is 0 Å². The number of hydrogen-bond acceptors (Lipinski definition) is 1. The first kappa shape index (κ1) is 45.3. The van der Waals surface area contributed by atoms with E-state index in [0.717, 1.165) is 30.6 Å². The molecule has 0 radical (unpaired) electrons. The third-order valence-corrected chi connectivity index (χ3v) is 15.4. The number of rotatable bonds is 9. The highest BCUT2D eigenvalue weighted by molar-refractivity contribution is 6.11. The number of aromatic nitrogens is 1. The summed E-state index contributed by atoms with van der Waals surface area (Å²) in [5.41, 5.74) is 23.2. The van der Waals surface area contributed by atoms with Crippen molar-refractivity contribution >= 4 is 44.4 Å². The molecule has 2 heteroatoms. The van der Waals surface area contributed by atoms with E-state index in [-0.39, 0.29) is 16.2 Å². The van der Waals surface area contributed by atoms with Gasteiger partial charge in [0.25, 0.3) is 0 Å². The molecular formula is C68H66N2. The summed E-state index contributed by atoms with van der Waals surface area (Å²) in [5, 5.41) is 2.51. The van der Waals surface area contributed by atoms with E-state index in [2.05, 4.69) is 266 Å². The van der Waals surface area contributed by atoms with Crippen LogP contribution in [0.4, 0.5) is 17.1 Å². The molecule has 0 fully saturated rings. The molecule has 0 bridgehead atoms. The molecule has 1 unspecified atom stereocenters. The van der Waals surface area contributed by atoms with Crippen LogP contribution in [0.5, 0.6) is 0 Å². The molecule has 11 rings (SSSR count). The number of anilines is 3. The van der Waals surface area contributed by atoms with Gasteiger partial charge in [-0.3, -0.25) is 0 Å². The van der Waals surface area contributed by atoms with Crippen LogP contribution in [-0.2, 0) is 5.41 Å². The van der Waals surface area contributed by atoms with Gasteiger partial charge in [-0.2, -0.15) is 0 Å². The number of aryl methyl sites for hydroxylation is 1. The van der Waals surface area contributed by atoms with Crippen molar-refractivity contribution in [3.8, 4) is 39.1 Å². The van der Waals surface area contributed by atoms with Crippen LogP contribution in [0.15, 0.2) is 200 Å². The second-order valence-electron chi connectivity index (χ2n) is 22.9. The zero-order chi connectivity index (χ0) is 48.5. The fourth-order valence-electron chi connectivity index (χ4n) is 11.6. The molecule has 0 N–H and O–H groups in total. The summed E-state index contributed by atoms with van der Waals surface area (Å²) in [6.07, 6.45) is 8.09. The molecule has 8 aromatic carbocycles. The second kappa shape index (κ2) is 17.4. The summed E-state index contributed by atoms with van der Waals surface area (Å²) in [7, 11) is 0. The molecule has 2 aliphatic rings. The van der Waals surface area contributed by atoms with Crippen molar-refractivity contribution in [1.29, 1.82) is 0 Å². The van der Waals surface area contributed by atoms with E-state index in [1.54, 1.807) is 0 Å². The van der Waals surface area contributed by atoms with E-state index < -0.39 is 0 Å². The van der Waals surface area contributed by atoms with Gasteiger partial charge < -0.3 is 9.47 Å². The molecular weight excluding hydrogens is 845 g/mol. The summed E-state index contributed by atoms with van der Waals surface area (Å²) < 4.78 is 2.44. The summed E-state index contributed by atoms with van der Waals surface area (Å²) in [4.78, 5) is 2.43. The van der Waals surface area contributed by atoms with E-state index >= 15 is 0 Å². The Hall–Kier alpha value is -7.16. The molecule has 1 heterocycles. The van der Waals surface area contributed by atoms with Gasteiger partial charge in [-0.15, -0.1) is 0 Å². The van der Waals surface area contributed by atoms with Crippen molar-refractivity contribution in [3.63, 3.8) is 0 Å². The third-order valence-electron chi connectivity index (χ3n) is 15.4. The van der Waals surface area contributed by atoms with Gasteiger partial charge in [-0.05, 0) is 177 Å². The minimum atomic E-state index is -0.0570. The topological polar surface area (TPSA) is 8.17 Å². The highest BCUT2D eigenvalue weighted by Gasteiger charge is 2.37. The van der Waals surface area contributed by atoms with Crippen molar-refractivity contribution in [2.75, 3.05) is 4.90 Å². The van der Waals surface area contributed by atoms with Crippen molar-refractivity contribution in [2.45, 2.75) is 92.9 Å². The fourth-order valence-corrected chi connectivity index (χ4v) is 11.6. The summed E-state index contributed by atoms with van der Waals surface area (Å²) in [6.45, 7) is 21.2. The maximum absolute atomic E-state index is 2.45. The minimum absolute atomic E-state index is 0.0570. The van der Waals surface area contributed by atoms with Crippen molar-refractivity contribution < 1.29 is 0 Å². The van der Waals surface area contributed by atoms with Crippen LogP contribution in [0.3, 0.4) is 0 Å². The normalized spacial score (nSPS) is 14.8. The average Bonchev–Trinajstić information content (AvgIpc) is 3.80. The van der Waals surface area contributed by atoms with E-state index in [9.17, 15) is 0 Å². The predicted molar refractivity (Wildman–Crippen MR) is 301 cm³/mol. The minimum Gasteiger partial charge on any atom is -0.310 e. The van der Waals surface area contributed by atoms with Crippen LogP contribution < -0.4 is 4.90 Å².